The van der Waals surface area contributed by atoms with Gasteiger partial charge in [-0.25, -0.2) is 8.42 Å². The average molecular weight is 271 g/mol. The monoisotopic (exact) mass is 271 g/mol. The van der Waals surface area contributed by atoms with Crippen LogP contribution >= 0.6 is 0 Å². The van der Waals surface area contributed by atoms with E-state index in [1.54, 1.807) is 7.11 Å². The predicted molar refractivity (Wildman–Crippen MR) is 68.3 cm³/mol. The minimum atomic E-state index is -3.11. The zero-order valence-corrected chi connectivity index (χ0v) is 11.0. The van der Waals surface area contributed by atoms with E-state index in [0.29, 0.717) is 6.54 Å². The summed E-state index contributed by atoms with van der Waals surface area (Å²) in [4.78, 5) is 0. The third kappa shape index (κ3) is 3.01. The Bertz CT molecular complexity index is 515. The quantitative estimate of drug-likeness (QED) is 0.802. The number of para-hydroxylation sites is 1. The summed E-state index contributed by atoms with van der Waals surface area (Å²) in [6.07, 6.45) is -0.829. The highest BCUT2D eigenvalue weighted by atomic mass is 32.2. The van der Waals surface area contributed by atoms with Crippen LogP contribution in [0.5, 0.6) is 5.75 Å². The lowest BCUT2D eigenvalue weighted by atomic mass is 10.1. The Morgan fingerprint density at radius 1 is 1.39 bits per heavy atom. The Morgan fingerprint density at radius 3 is 2.72 bits per heavy atom. The Morgan fingerprint density at radius 2 is 2.11 bits per heavy atom. The first-order valence-electron chi connectivity index (χ1n) is 5.75. The Labute approximate surface area is 107 Å². The summed E-state index contributed by atoms with van der Waals surface area (Å²) < 4.78 is 27.9. The number of benzene rings is 1. The molecule has 1 aromatic carbocycles. The van der Waals surface area contributed by atoms with E-state index in [1.807, 2.05) is 24.3 Å². The van der Waals surface area contributed by atoms with E-state index in [9.17, 15) is 13.5 Å². The van der Waals surface area contributed by atoms with Gasteiger partial charge in [0.15, 0.2) is 9.84 Å². The first-order chi connectivity index (χ1) is 8.52. The molecule has 0 aliphatic carbocycles. The van der Waals surface area contributed by atoms with Gasteiger partial charge in [0.25, 0.3) is 0 Å². The zero-order valence-electron chi connectivity index (χ0n) is 10.2. The minimum Gasteiger partial charge on any atom is -0.496 e. The van der Waals surface area contributed by atoms with Crippen LogP contribution in [-0.4, -0.2) is 44.3 Å². The fourth-order valence-electron chi connectivity index (χ4n) is 2.11. The van der Waals surface area contributed by atoms with Crippen molar-refractivity contribution in [3.63, 3.8) is 0 Å². The molecule has 6 heteroatoms. The summed E-state index contributed by atoms with van der Waals surface area (Å²) in [5.74, 6) is 0.584. The van der Waals surface area contributed by atoms with Crippen molar-refractivity contribution in [1.82, 2.24) is 5.32 Å². The summed E-state index contributed by atoms with van der Waals surface area (Å²) >= 11 is 0. The van der Waals surface area contributed by atoms with Gasteiger partial charge in [-0.15, -0.1) is 0 Å². The van der Waals surface area contributed by atoms with Crippen molar-refractivity contribution >= 4 is 9.84 Å². The molecule has 1 fully saturated rings. The highest BCUT2D eigenvalue weighted by Gasteiger charge is 2.35. The molecule has 0 unspecified atom stereocenters. The van der Waals surface area contributed by atoms with Gasteiger partial charge in [-0.3, -0.25) is 0 Å². The second-order valence-corrected chi connectivity index (χ2v) is 6.60. The van der Waals surface area contributed by atoms with Gasteiger partial charge in [-0.05, 0) is 6.07 Å². The van der Waals surface area contributed by atoms with Crippen LogP contribution in [-0.2, 0) is 16.4 Å². The highest BCUT2D eigenvalue weighted by molar-refractivity contribution is 7.91. The molecule has 2 rings (SSSR count). The molecule has 18 heavy (non-hydrogen) atoms. The van der Waals surface area contributed by atoms with Crippen LogP contribution in [0.15, 0.2) is 24.3 Å². The molecule has 0 radical (unpaired) electrons. The first kappa shape index (κ1) is 13.3. The normalized spacial score (nSPS) is 26.1. The van der Waals surface area contributed by atoms with Gasteiger partial charge >= 0.3 is 0 Å². The molecule has 2 atom stereocenters. The largest absolute Gasteiger partial charge is 0.496 e. The summed E-state index contributed by atoms with van der Waals surface area (Å²) in [5, 5.41) is 12.7. The van der Waals surface area contributed by atoms with Crippen LogP contribution in [0.25, 0.3) is 0 Å². The number of aliphatic hydroxyl groups is 1. The lowest BCUT2D eigenvalue weighted by Crippen LogP contribution is -2.38. The number of nitrogens with one attached hydrogen (secondary N) is 1. The van der Waals surface area contributed by atoms with E-state index in [0.717, 1.165) is 11.3 Å². The molecule has 1 aromatic rings. The molecule has 5 nitrogen and oxygen atoms in total. The molecule has 1 saturated heterocycles. The second-order valence-electron chi connectivity index (χ2n) is 4.44. The highest BCUT2D eigenvalue weighted by Crippen LogP contribution is 2.18. The molecule has 2 N–H and O–H groups in total. The summed E-state index contributed by atoms with van der Waals surface area (Å²) in [7, 11) is -1.52. The number of ether oxygens (including phenoxy) is 1. The number of hydrogen-bond donors (Lipinski definition) is 2. The molecule has 1 heterocycles. The molecule has 0 spiro atoms. The molecular formula is C12H17NO4S. The van der Waals surface area contributed by atoms with Crippen molar-refractivity contribution in [2.75, 3.05) is 18.6 Å². The third-order valence-electron chi connectivity index (χ3n) is 3.07. The lowest BCUT2D eigenvalue weighted by molar-refractivity contribution is 0.165. The Hall–Kier alpha value is -1.11. The van der Waals surface area contributed by atoms with E-state index in [2.05, 4.69) is 5.32 Å². The molecule has 0 saturated carbocycles. The number of aliphatic hydroxyl groups excluding tert-OH is 1. The Kier molecular flexibility index (Phi) is 3.89. The van der Waals surface area contributed by atoms with Crippen molar-refractivity contribution in [2.24, 2.45) is 0 Å². The van der Waals surface area contributed by atoms with Gasteiger partial charge in [0.05, 0.1) is 24.7 Å². The summed E-state index contributed by atoms with van der Waals surface area (Å²) in [6.45, 7) is 0.473. The van der Waals surface area contributed by atoms with Gasteiger partial charge < -0.3 is 15.2 Å². The number of sulfone groups is 1. The first-order valence-corrected chi connectivity index (χ1v) is 7.58. The molecule has 0 aromatic heterocycles. The van der Waals surface area contributed by atoms with Gasteiger partial charge in [-0.1, -0.05) is 18.2 Å². The van der Waals surface area contributed by atoms with Crippen LogP contribution in [0, 0.1) is 0 Å². The summed E-state index contributed by atoms with van der Waals surface area (Å²) in [5.41, 5.74) is 0.941. The fraction of sp³-hybridized carbons (Fsp3) is 0.500. The van der Waals surface area contributed by atoms with Gasteiger partial charge in [0, 0.05) is 18.2 Å². The molecular weight excluding hydrogens is 254 g/mol. The third-order valence-corrected chi connectivity index (χ3v) is 4.79. The average Bonchev–Trinajstić information content (AvgIpc) is 2.60. The van der Waals surface area contributed by atoms with Gasteiger partial charge in [0.2, 0.25) is 0 Å². The van der Waals surface area contributed by atoms with Gasteiger partial charge in [0.1, 0.15) is 5.75 Å². The topological polar surface area (TPSA) is 75.6 Å². The van der Waals surface area contributed by atoms with Gasteiger partial charge in [-0.2, -0.15) is 0 Å². The maximum absolute atomic E-state index is 11.4. The number of methoxy groups -OCH3 is 1. The van der Waals surface area contributed by atoms with E-state index < -0.39 is 22.0 Å². The zero-order chi connectivity index (χ0) is 13.2. The van der Waals surface area contributed by atoms with Crippen molar-refractivity contribution in [3.8, 4) is 5.75 Å². The number of rotatable bonds is 4. The van der Waals surface area contributed by atoms with Crippen LogP contribution in [0.2, 0.25) is 0 Å². The SMILES string of the molecule is COc1ccccc1CN[C@H]1CS(=O)(=O)C[C@@H]1O. The fourth-order valence-corrected chi connectivity index (χ4v) is 3.89. The van der Waals surface area contributed by atoms with Crippen molar-refractivity contribution in [2.45, 2.75) is 18.7 Å². The van der Waals surface area contributed by atoms with Crippen molar-refractivity contribution in [3.05, 3.63) is 29.8 Å². The van der Waals surface area contributed by atoms with Crippen LogP contribution < -0.4 is 10.1 Å². The van der Waals surface area contributed by atoms with Crippen LogP contribution in [0.4, 0.5) is 0 Å². The maximum atomic E-state index is 11.4. The molecule has 1 aliphatic heterocycles. The van der Waals surface area contributed by atoms with E-state index in [-0.39, 0.29) is 11.5 Å². The van der Waals surface area contributed by atoms with E-state index >= 15 is 0 Å². The molecule has 0 amide bonds. The molecule has 0 bridgehead atoms. The lowest BCUT2D eigenvalue weighted by Gasteiger charge is -2.16. The van der Waals surface area contributed by atoms with E-state index in [1.165, 1.54) is 0 Å². The smallest absolute Gasteiger partial charge is 0.154 e. The van der Waals surface area contributed by atoms with Crippen LogP contribution in [0.1, 0.15) is 5.56 Å². The second kappa shape index (κ2) is 5.26. The standard InChI is InChI=1S/C12H17NO4S/c1-17-12-5-3-2-4-9(12)6-13-10-7-18(15,16)8-11(10)14/h2-5,10-11,13-14H,6-8H2,1H3/t10-,11-/m0/s1. The van der Waals surface area contributed by atoms with Crippen molar-refractivity contribution in [1.29, 1.82) is 0 Å². The predicted octanol–water partition coefficient (Wildman–Crippen LogP) is -0.0573. The Balaban J connectivity index is 2.00. The minimum absolute atomic E-state index is 0.0106. The number of hydrogen-bond acceptors (Lipinski definition) is 5. The van der Waals surface area contributed by atoms with Crippen LogP contribution in [0.3, 0.4) is 0 Å². The summed E-state index contributed by atoms with van der Waals surface area (Å²) in [6, 6.07) is 7.11. The molecule has 100 valence electrons. The maximum Gasteiger partial charge on any atom is 0.154 e. The van der Waals surface area contributed by atoms with E-state index in [4.69, 9.17) is 4.74 Å². The molecule has 1 aliphatic rings. The van der Waals surface area contributed by atoms with Crippen molar-refractivity contribution < 1.29 is 18.3 Å².